The minimum Gasteiger partial charge on any atom is -0.480 e. The number of carbonyl (C=O) groups is 15. The van der Waals surface area contributed by atoms with E-state index in [2.05, 4.69) is 78.8 Å². The summed E-state index contributed by atoms with van der Waals surface area (Å²) in [4.78, 5) is 220. The molecule has 0 aromatic rings. The molecule has 2 fully saturated rings. The molecule has 0 saturated carbocycles. The first-order valence-corrected chi connectivity index (χ1v) is 37.5. The number of nitrogens with one attached hydrogen (secondary N) is 12. The first-order valence-electron chi connectivity index (χ1n) is 37.5. The lowest BCUT2D eigenvalue weighted by molar-refractivity contribution is -0.147. The smallest absolute Gasteiger partial charge is 0.326 e. The number of aliphatic hydroxyl groups is 1. The molecule has 0 bridgehead atoms. The SMILES string of the molecule is CC[C@H](C)[C@H](NC(=O)[C@@H](N)CCCN=C(N)N)C(=O)N[C@@H](CCCNC(N)=O)C(=O)N[C@@H](CCCN=C(N)N)C(=O)N[C@H](C(=O)N[C@@H](CCCNC(N)=O)C(=O)N[C@@H](CCCNC(N)=O)C(=O)N[C@H](C(=O)N1CCC[C@H]1C(=O)N[C@H](C(=O)N1CCC[C@H]1C(=O)N[C@@H](CCCN=C(N)N)C(=O)O)[C@@H](C)CC)[C@@H](C)O)C(C)C. The van der Waals surface area contributed by atoms with Crippen molar-refractivity contribution >= 4 is 107 Å². The van der Waals surface area contributed by atoms with Crippen LogP contribution >= 0.6 is 0 Å². The number of amides is 17. The Morgan fingerprint density at radius 1 is 0.396 bits per heavy atom. The predicted octanol–water partition coefficient (Wildman–Crippen LogP) is -7.62. The van der Waals surface area contributed by atoms with Crippen molar-refractivity contribution in [2.24, 2.45) is 90.1 Å². The van der Waals surface area contributed by atoms with Crippen molar-refractivity contribution in [1.82, 2.24) is 73.6 Å². The minimum atomic E-state index is -1.81. The first kappa shape index (κ1) is 96.3. The molecular formula is C67H123N27O17. The highest BCUT2D eigenvalue weighted by Gasteiger charge is 2.45. The molecule has 0 radical (unpaired) electrons. The number of aliphatic hydroxyl groups excluding tert-OH is 1. The van der Waals surface area contributed by atoms with Crippen LogP contribution in [0, 0.1) is 17.8 Å². The van der Waals surface area contributed by atoms with Gasteiger partial charge in [-0.1, -0.05) is 54.4 Å². The number of nitrogens with zero attached hydrogens (tertiary/aromatic N) is 5. The molecular weight excluding hydrogens is 1450 g/mol. The summed E-state index contributed by atoms with van der Waals surface area (Å²) < 4.78 is 0. The van der Waals surface area contributed by atoms with Crippen molar-refractivity contribution in [1.29, 1.82) is 0 Å². The van der Waals surface area contributed by atoms with Gasteiger partial charge in [0.2, 0.25) is 65.0 Å². The Bertz CT molecular complexity index is 3220. The quantitative estimate of drug-likeness (QED) is 0.0153. The summed E-state index contributed by atoms with van der Waals surface area (Å²) in [7, 11) is 0. The molecule has 44 heteroatoms. The Kier molecular flexibility index (Phi) is 43.4. The average molecular weight is 1580 g/mol. The largest absolute Gasteiger partial charge is 0.480 e. The second-order valence-electron chi connectivity index (χ2n) is 28.0. The second kappa shape index (κ2) is 50.1. The average Bonchev–Trinajstić information content (AvgIpc) is 1.72. The van der Waals surface area contributed by atoms with Crippen molar-refractivity contribution in [3.8, 4) is 0 Å². The van der Waals surface area contributed by atoms with Gasteiger partial charge in [-0.3, -0.25) is 67.7 Å². The van der Waals surface area contributed by atoms with Crippen LogP contribution in [-0.4, -0.2) is 258 Å². The van der Waals surface area contributed by atoms with Gasteiger partial charge in [-0.25, -0.2) is 19.2 Å². The van der Waals surface area contributed by atoms with E-state index in [0.29, 0.717) is 25.7 Å². The van der Waals surface area contributed by atoms with Gasteiger partial charge < -0.3 is 141 Å². The molecule has 2 heterocycles. The van der Waals surface area contributed by atoms with Crippen molar-refractivity contribution < 1.29 is 82.1 Å². The van der Waals surface area contributed by atoms with Gasteiger partial charge in [0.1, 0.15) is 66.5 Å². The maximum Gasteiger partial charge on any atom is 0.326 e. The van der Waals surface area contributed by atoms with Crippen LogP contribution in [0.15, 0.2) is 15.0 Å². The number of carboxylic acid groups (broad SMARTS) is 1. The highest BCUT2D eigenvalue weighted by atomic mass is 16.4. The first-order chi connectivity index (χ1) is 52.3. The van der Waals surface area contributed by atoms with Gasteiger partial charge in [0.25, 0.3) is 0 Å². The lowest BCUT2D eigenvalue weighted by Gasteiger charge is -2.34. The number of primary amides is 3. The van der Waals surface area contributed by atoms with Crippen LogP contribution in [-0.2, 0) is 57.5 Å². The highest BCUT2D eigenvalue weighted by Crippen LogP contribution is 2.25. The van der Waals surface area contributed by atoms with E-state index in [4.69, 9.17) is 57.3 Å². The third-order valence-electron chi connectivity index (χ3n) is 18.8. The summed E-state index contributed by atoms with van der Waals surface area (Å²) in [5.41, 5.74) is 54.8. The Hall–Kier alpha value is -10.8. The van der Waals surface area contributed by atoms with Crippen LogP contribution in [0.1, 0.15) is 164 Å². The number of guanidine groups is 3. The Morgan fingerprint density at radius 2 is 0.721 bits per heavy atom. The predicted molar refractivity (Wildman–Crippen MR) is 408 cm³/mol. The molecule has 0 aromatic heterocycles. The zero-order valence-corrected chi connectivity index (χ0v) is 64.7. The molecule has 111 heavy (non-hydrogen) atoms. The van der Waals surface area contributed by atoms with Gasteiger partial charge in [-0.15, -0.1) is 0 Å². The molecule has 2 aliphatic heterocycles. The standard InChI is InChI=1S/C67H123N27O17/c1-8-35(5)47(90-50(96)38(68)18-10-26-78-62(69)70)58(104)87-40(21-13-30-82-66(76)110)52(98)84-41(19-11-27-79-63(71)72)53(99)89-46(34(3)4)57(103)86-39(20-12-29-81-65(75)109)51(97)85-42(22-14-31-83-67(77)111)54(100)92-49(37(7)95)60(106)94-33-17-25-45(94)56(102)91-48(36(6)9-2)59(105)93-32-16-24-44(93)55(101)88-43(61(107)108)23-15-28-80-64(73)74/h34-49,95H,8-33,68H2,1-7H3,(H,84,98)(H,85,97)(H,86,103)(H,87,104)(H,88,101)(H,89,99)(H,90,96)(H,91,102)(H,92,100)(H,107,108)(H4,69,70,78)(H4,71,72,79)(H4,73,74,80)(H3,75,81,109)(H3,76,82,110)(H3,77,83,111)/t35-,36-,37+,38-,39-,40-,41-,42-,43-,44-,45-,46-,47-,48-,49-/m0/s1. The third-order valence-corrected chi connectivity index (χ3v) is 18.8. The lowest BCUT2D eigenvalue weighted by atomic mass is 9.96. The zero-order valence-electron chi connectivity index (χ0n) is 64.7. The summed E-state index contributed by atoms with van der Waals surface area (Å²) in [5, 5.41) is 51.9. The van der Waals surface area contributed by atoms with Crippen molar-refractivity contribution in [2.45, 2.75) is 243 Å². The normalized spacial score (nSPS) is 17.3. The fourth-order valence-corrected chi connectivity index (χ4v) is 12.2. The molecule has 15 atom stereocenters. The van der Waals surface area contributed by atoms with Crippen LogP contribution < -0.4 is 121 Å². The van der Waals surface area contributed by atoms with Gasteiger partial charge >= 0.3 is 24.1 Å². The number of carboxylic acids is 1. The number of urea groups is 3. The van der Waals surface area contributed by atoms with E-state index < -0.39 is 185 Å². The number of hydrogen-bond acceptors (Lipinski definition) is 20. The van der Waals surface area contributed by atoms with Gasteiger partial charge in [0, 0.05) is 52.4 Å². The number of hydrogen-bond donors (Lipinski definition) is 24. The molecule has 0 aliphatic carbocycles. The van der Waals surface area contributed by atoms with E-state index in [1.807, 2.05) is 0 Å². The second-order valence-corrected chi connectivity index (χ2v) is 28.0. The minimum absolute atomic E-state index is 0.0290. The van der Waals surface area contributed by atoms with Crippen LogP contribution in [0.4, 0.5) is 14.4 Å². The number of rotatable bonds is 51. The molecule has 0 aromatic carbocycles. The van der Waals surface area contributed by atoms with Crippen molar-refractivity contribution in [3.63, 3.8) is 0 Å². The summed E-state index contributed by atoms with van der Waals surface area (Å²) in [6.07, 6.45) is -0.410. The van der Waals surface area contributed by atoms with E-state index in [0.717, 1.165) is 4.90 Å². The summed E-state index contributed by atoms with van der Waals surface area (Å²) in [6, 6.07) is -19.6. The Balaban J connectivity index is 2.57. The highest BCUT2D eigenvalue weighted by molar-refractivity contribution is 6.00. The molecule has 2 rings (SSSR count). The van der Waals surface area contributed by atoms with E-state index in [1.165, 1.54) is 11.8 Å². The van der Waals surface area contributed by atoms with Crippen molar-refractivity contribution in [3.05, 3.63) is 0 Å². The molecule has 2 aliphatic rings. The maximum absolute atomic E-state index is 14.8. The topological polar surface area (TPSA) is 745 Å². The van der Waals surface area contributed by atoms with Gasteiger partial charge in [0.05, 0.1) is 12.1 Å². The van der Waals surface area contributed by atoms with Crippen molar-refractivity contribution in [2.75, 3.05) is 52.4 Å². The van der Waals surface area contributed by atoms with Gasteiger partial charge in [-0.05, 0) is 127 Å². The maximum atomic E-state index is 14.8. The van der Waals surface area contributed by atoms with Gasteiger partial charge in [0.15, 0.2) is 17.9 Å². The summed E-state index contributed by atoms with van der Waals surface area (Å²) in [6.45, 7) is 11.1. The van der Waals surface area contributed by atoms with E-state index >= 15 is 0 Å². The van der Waals surface area contributed by atoms with Gasteiger partial charge in [-0.2, -0.15) is 0 Å². The van der Waals surface area contributed by atoms with E-state index in [1.54, 1.807) is 41.5 Å². The summed E-state index contributed by atoms with van der Waals surface area (Å²) >= 11 is 0. The van der Waals surface area contributed by atoms with Crippen LogP contribution in [0.5, 0.6) is 0 Å². The monoisotopic (exact) mass is 1580 g/mol. The molecule has 2 saturated heterocycles. The Labute approximate surface area is 645 Å². The van der Waals surface area contributed by atoms with E-state index in [9.17, 15) is 82.1 Å². The number of carbonyl (C=O) groups excluding carboxylic acids is 14. The molecule has 0 unspecified atom stereocenters. The molecule has 44 nitrogen and oxygen atoms in total. The fraction of sp³-hybridized carbons (Fsp3) is 0.731. The molecule has 34 N–H and O–H groups in total. The third kappa shape index (κ3) is 35.2. The molecule has 17 amide bonds. The number of aliphatic imine (C=N–C) groups is 3. The molecule has 628 valence electrons. The molecule has 0 spiro atoms. The Morgan fingerprint density at radius 3 is 1.09 bits per heavy atom. The van der Waals surface area contributed by atoms with Crippen LogP contribution in [0.3, 0.4) is 0 Å². The number of aliphatic carboxylic acids is 1. The number of likely N-dealkylation sites (tertiary alicyclic amines) is 2. The summed E-state index contributed by atoms with van der Waals surface area (Å²) in [5.74, 6) is -13.4. The lowest BCUT2D eigenvalue weighted by Crippen LogP contribution is -2.62. The van der Waals surface area contributed by atoms with E-state index in [-0.39, 0.29) is 160 Å². The number of nitrogens with two attached hydrogens (primary N) is 10. The van der Waals surface area contributed by atoms with Crippen LogP contribution in [0.2, 0.25) is 0 Å². The fourth-order valence-electron chi connectivity index (χ4n) is 12.2. The van der Waals surface area contributed by atoms with Crippen LogP contribution in [0.25, 0.3) is 0 Å². The zero-order chi connectivity index (χ0) is 83.8.